The van der Waals surface area contributed by atoms with E-state index in [0.29, 0.717) is 12.5 Å². The van der Waals surface area contributed by atoms with Gasteiger partial charge in [0.05, 0.1) is 5.69 Å². The first-order valence-corrected chi connectivity index (χ1v) is 5.36. The fraction of sp³-hybridized carbons (Fsp3) is 0.500. The van der Waals surface area contributed by atoms with Gasteiger partial charge in [0, 0.05) is 6.54 Å². The molecule has 0 unspecified atom stereocenters. The molecule has 0 heterocycles. The molecule has 0 saturated heterocycles. The predicted octanol–water partition coefficient (Wildman–Crippen LogP) is 3.81. The van der Waals surface area contributed by atoms with Crippen LogP contribution in [0.3, 0.4) is 0 Å². The largest absolute Gasteiger partial charge is 0.382 e. The summed E-state index contributed by atoms with van der Waals surface area (Å²) in [6.45, 7) is 4.88. The zero-order valence-electron chi connectivity index (χ0n) is 9.19. The molecule has 0 aliphatic rings. The van der Waals surface area contributed by atoms with Gasteiger partial charge in [-0.1, -0.05) is 32.8 Å². The van der Waals surface area contributed by atoms with Crippen molar-refractivity contribution in [3.05, 3.63) is 29.8 Å². The van der Waals surface area contributed by atoms with Crippen LogP contribution in [0.1, 0.15) is 26.7 Å². The average Bonchev–Trinajstić information content (AvgIpc) is 2.25. The van der Waals surface area contributed by atoms with Gasteiger partial charge in [0.25, 0.3) is 0 Å². The number of anilines is 1. The maximum Gasteiger partial charge on any atom is 0.181 e. The van der Waals surface area contributed by atoms with Crippen molar-refractivity contribution in [1.82, 2.24) is 0 Å². The lowest BCUT2D eigenvalue weighted by molar-refractivity contribution is 0.500. The number of rotatable bonds is 5. The van der Waals surface area contributed by atoms with Crippen LogP contribution < -0.4 is 5.32 Å². The van der Waals surface area contributed by atoms with Crippen molar-refractivity contribution in [2.45, 2.75) is 26.7 Å². The molecule has 0 aliphatic carbocycles. The second-order valence-corrected chi connectivity index (χ2v) is 3.66. The fourth-order valence-corrected chi connectivity index (χ4v) is 1.47. The smallest absolute Gasteiger partial charge is 0.181 e. The van der Waals surface area contributed by atoms with Crippen molar-refractivity contribution >= 4 is 5.69 Å². The standard InChI is InChI=1S/C12H17F2N/c1-3-9(4-2)8-15-11-7-5-6-10(13)12(11)14/h5-7,9,15H,3-4,8H2,1-2H3. The first-order valence-electron chi connectivity index (χ1n) is 5.36. The summed E-state index contributed by atoms with van der Waals surface area (Å²) in [5.41, 5.74) is 0.252. The van der Waals surface area contributed by atoms with Gasteiger partial charge < -0.3 is 5.32 Å². The summed E-state index contributed by atoms with van der Waals surface area (Å²) in [7, 11) is 0. The van der Waals surface area contributed by atoms with E-state index in [4.69, 9.17) is 0 Å². The molecule has 1 nitrogen and oxygen atoms in total. The molecule has 0 radical (unpaired) electrons. The molecular weight excluding hydrogens is 196 g/mol. The van der Waals surface area contributed by atoms with Crippen molar-refractivity contribution in [2.75, 3.05) is 11.9 Å². The number of benzene rings is 1. The number of halogens is 2. The van der Waals surface area contributed by atoms with E-state index >= 15 is 0 Å². The van der Waals surface area contributed by atoms with E-state index in [9.17, 15) is 8.78 Å². The Bertz CT molecular complexity index is 308. The average molecular weight is 213 g/mol. The van der Waals surface area contributed by atoms with E-state index in [2.05, 4.69) is 19.2 Å². The Kier molecular flexibility index (Phi) is 4.53. The lowest BCUT2D eigenvalue weighted by atomic mass is 10.0. The monoisotopic (exact) mass is 213 g/mol. The second kappa shape index (κ2) is 5.69. The van der Waals surface area contributed by atoms with Crippen molar-refractivity contribution in [1.29, 1.82) is 0 Å². The minimum atomic E-state index is -0.801. The topological polar surface area (TPSA) is 12.0 Å². The van der Waals surface area contributed by atoms with Crippen LogP contribution in [0.5, 0.6) is 0 Å². The number of hydrogen-bond donors (Lipinski definition) is 1. The summed E-state index contributed by atoms with van der Waals surface area (Å²) in [5.74, 6) is -1.08. The van der Waals surface area contributed by atoms with Crippen LogP contribution in [-0.4, -0.2) is 6.54 Å². The third kappa shape index (κ3) is 3.18. The van der Waals surface area contributed by atoms with E-state index in [0.717, 1.165) is 18.9 Å². The number of hydrogen-bond acceptors (Lipinski definition) is 1. The summed E-state index contributed by atoms with van der Waals surface area (Å²) in [6.07, 6.45) is 2.08. The molecule has 0 aliphatic heterocycles. The number of nitrogens with one attached hydrogen (secondary N) is 1. The van der Waals surface area contributed by atoms with Gasteiger partial charge in [-0.05, 0) is 18.1 Å². The van der Waals surface area contributed by atoms with Crippen LogP contribution in [0.4, 0.5) is 14.5 Å². The Balaban J connectivity index is 2.61. The highest BCUT2D eigenvalue weighted by Crippen LogP contribution is 2.17. The molecule has 84 valence electrons. The van der Waals surface area contributed by atoms with Gasteiger partial charge in [0.15, 0.2) is 11.6 Å². The highest BCUT2D eigenvalue weighted by molar-refractivity contribution is 5.44. The minimum absolute atomic E-state index is 0.252. The summed E-state index contributed by atoms with van der Waals surface area (Å²) in [6, 6.07) is 4.19. The summed E-state index contributed by atoms with van der Waals surface area (Å²) >= 11 is 0. The molecule has 15 heavy (non-hydrogen) atoms. The van der Waals surface area contributed by atoms with Crippen molar-refractivity contribution < 1.29 is 8.78 Å². The molecule has 0 fully saturated rings. The van der Waals surface area contributed by atoms with Gasteiger partial charge in [0.1, 0.15) is 0 Å². The molecular formula is C12H17F2N. The van der Waals surface area contributed by atoms with Crippen molar-refractivity contribution in [2.24, 2.45) is 5.92 Å². The summed E-state index contributed by atoms with van der Waals surface area (Å²) < 4.78 is 26.1. The van der Waals surface area contributed by atoms with E-state index < -0.39 is 11.6 Å². The lowest BCUT2D eigenvalue weighted by Gasteiger charge is -2.14. The van der Waals surface area contributed by atoms with Gasteiger partial charge in [-0.15, -0.1) is 0 Å². The predicted molar refractivity (Wildman–Crippen MR) is 58.9 cm³/mol. The zero-order valence-corrected chi connectivity index (χ0v) is 9.19. The Morgan fingerprint density at radius 2 is 1.87 bits per heavy atom. The molecule has 1 rings (SSSR count). The third-order valence-electron chi connectivity index (χ3n) is 2.69. The normalized spacial score (nSPS) is 10.7. The van der Waals surface area contributed by atoms with Crippen LogP contribution in [-0.2, 0) is 0 Å². The van der Waals surface area contributed by atoms with Crippen LogP contribution in [0.15, 0.2) is 18.2 Å². The van der Waals surface area contributed by atoms with E-state index in [1.54, 1.807) is 6.07 Å². The zero-order chi connectivity index (χ0) is 11.3. The minimum Gasteiger partial charge on any atom is -0.382 e. The molecule has 0 spiro atoms. The van der Waals surface area contributed by atoms with E-state index in [1.807, 2.05) is 0 Å². The maximum atomic E-state index is 13.2. The van der Waals surface area contributed by atoms with Crippen LogP contribution >= 0.6 is 0 Å². The van der Waals surface area contributed by atoms with E-state index in [1.165, 1.54) is 6.07 Å². The van der Waals surface area contributed by atoms with Crippen LogP contribution in [0, 0.1) is 17.6 Å². The summed E-state index contributed by atoms with van der Waals surface area (Å²) in [4.78, 5) is 0. The quantitative estimate of drug-likeness (QED) is 0.784. The molecule has 0 aromatic heterocycles. The molecule has 0 bridgehead atoms. The highest BCUT2D eigenvalue weighted by Gasteiger charge is 2.08. The Labute approximate surface area is 89.5 Å². The molecule has 1 aromatic carbocycles. The molecule has 0 atom stereocenters. The lowest BCUT2D eigenvalue weighted by Crippen LogP contribution is -2.13. The third-order valence-corrected chi connectivity index (χ3v) is 2.69. The van der Waals surface area contributed by atoms with Gasteiger partial charge in [0.2, 0.25) is 0 Å². The van der Waals surface area contributed by atoms with Crippen molar-refractivity contribution in [3.8, 4) is 0 Å². The van der Waals surface area contributed by atoms with Gasteiger partial charge in [-0.3, -0.25) is 0 Å². The SMILES string of the molecule is CCC(CC)CNc1cccc(F)c1F. The second-order valence-electron chi connectivity index (χ2n) is 3.66. The maximum absolute atomic E-state index is 13.2. The Morgan fingerprint density at radius 1 is 1.20 bits per heavy atom. The molecule has 1 aromatic rings. The van der Waals surface area contributed by atoms with Gasteiger partial charge in [-0.25, -0.2) is 8.78 Å². The summed E-state index contributed by atoms with van der Waals surface area (Å²) in [5, 5.41) is 2.94. The molecule has 3 heteroatoms. The molecule has 1 N–H and O–H groups in total. The van der Waals surface area contributed by atoms with E-state index in [-0.39, 0.29) is 5.69 Å². The highest BCUT2D eigenvalue weighted by atomic mass is 19.2. The van der Waals surface area contributed by atoms with Crippen molar-refractivity contribution in [3.63, 3.8) is 0 Å². The first kappa shape index (κ1) is 12.0. The Hall–Kier alpha value is -1.12. The Morgan fingerprint density at radius 3 is 2.47 bits per heavy atom. The molecule has 0 amide bonds. The van der Waals surface area contributed by atoms with Gasteiger partial charge in [-0.2, -0.15) is 0 Å². The first-order chi connectivity index (χ1) is 7.19. The van der Waals surface area contributed by atoms with Crippen LogP contribution in [0.25, 0.3) is 0 Å². The van der Waals surface area contributed by atoms with Gasteiger partial charge >= 0.3 is 0 Å². The van der Waals surface area contributed by atoms with Crippen LogP contribution in [0.2, 0.25) is 0 Å². The molecule has 0 saturated carbocycles. The fourth-order valence-electron chi connectivity index (χ4n) is 1.47.